The number of nitrogens with zero attached hydrogens (tertiary/aromatic N) is 4. The number of sulfonamides is 1. The van der Waals surface area contributed by atoms with Gasteiger partial charge in [-0.2, -0.15) is 4.31 Å². The van der Waals surface area contributed by atoms with Crippen LogP contribution in [0.25, 0.3) is 22.4 Å². The van der Waals surface area contributed by atoms with Gasteiger partial charge in [0.2, 0.25) is 10.0 Å². The zero-order valence-corrected chi connectivity index (χ0v) is 18.7. The van der Waals surface area contributed by atoms with Gasteiger partial charge in [-0.05, 0) is 25.3 Å². The van der Waals surface area contributed by atoms with Gasteiger partial charge in [-0.25, -0.2) is 27.8 Å². The van der Waals surface area contributed by atoms with Crippen molar-refractivity contribution < 1.29 is 12.8 Å². The molecule has 0 radical (unpaired) electrons. The predicted octanol–water partition coefficient (Wildman–Crippen LogP) is 3.82. The molecule has 1 atom stereocenters. The summed E-state index contributed by atoms with van der Waals surface area (Å²) in [6.45, 7) is 2.74. The second-order valence-electron chi connectivity index (χ2n) is 7.65. The molecule has 0 aromatic carbocycles. The Hall–Kier alpha value is -2.30. The SMILES string of the molecule is CCCCS(=O)(=O)N1CCCC(Nc2nc(-c3c[nH]c4ncc(Cl)cc34)ncc2F)C1. The molecule has 0 aliphatic carbocycles. The number of piperidine rings is 1. The fourth-order valence-corrected chi connectivity index (χ4v) is 5.61. The summed E-state index contributed by atoms with van der Waals surface area (Å²) in [6.07, 6.45) is 7.22. The minimum Gasteiger partial charge on any atom is -0.363 e. The molecule has 31 heavy (non-hydrogen) atoms. The standard InChI is InChI=1S/C20H24ClFN6O2S/c1-2-3-7-31(29,30)28-6-4-5-14(12-28)26-20-17(22)11-25-19(27-20)16-10-24-18-15(16)8-13(21)9-23-18/h8-11,14H,2-7,12H2,1H3,(H,23,24)(H,25,26,27). The molecule has 166 valence electrons. The van der Waals surface area contributed by atoms with Crippen LogP contribution >= 0.6 is 11.6 Å². The highest BCUT2D eigenvalue weighted by Crippen LogP contribution is 2.28. The topological polar surface area (TPSA) is 104 Å². The second-order valence-corrected chi connectivity index (χ2v) is 10.2. The summed E-state index contributed by atoms with van der Waals surface area (Å²) in [5.41, 5.74) is 1.28. The maximum Gasteiger partial charge on any atom is 0.214 e. The van der Waals surface area contributed by atoms with E-state index in [1.165, 1.54) is 10.5 Å². The number of aromatic nitrogens is 4. The van der Waals surface area contributed by atoms with Crippen molar-refractivity contribution in [2.75, 3.05) is 24.2 Å². The highest BCUT2D eigenvalue weighted by atomic mass is 35.5. The fourth-order valence-electron chi connectivity index (χ4n) is 3.72. The lowest BCUT2D eigenvalue weighted by Crippen LogP contribution is -2.46. The Morgan fingerprint density at radius 2 is 2.19 bits per heavy atom. The highest BCUT2D eigenvalue weighted by molar-refractivity contribution is 7.89. The number of nitrogens with one attached hydrogen (secondary N) is 2. The molecule has 8 nitrogen and oxygen atoms in total. The number of anilines is 1. The number of rotatable bonds is 7. The number of pyridine rings is 1. The number of hydrogen-bond acceptors (Lipinski definition) is 6. The van der Waals surface area contributed by atoms with Crippen molar-refractivity contribution >= 4 is 38.5 Å². The van der Waals surface area contributed by atoms with Crippen LogP contribution in [0.2, 0.25) is 5.02 Å². The minimum absolute atomic E-state index is 0.0483. The molecule has 2 N–H and O–H groups in total. The Morgan fingerprint density at radius 1 is 1.35 bits per heavy atom. The number of fused-ring (bicyclic) bond motifs is 1. The molecule has 1 aliphatic rings. The molecule has 11 heteroatoms. The van der Waals surface area contributed by atoms with Gasteiger partial charge in [0.1, 0.15) is 5.65 Å². The van der Waals surface area contributed by atoms with Crippen LogP contribution in [-0.4, -0.2) is 57.5 Å². The van der Waals surface area contributed by atoms with E-state index >= 15 is 0 Å². The maximum atomic E-state index is 14.5. The smallest absolute Gasteiger partial charge is 0.214 e. The average molecular weight is 467 g/mol. The number of aromatic amines is 1. The molecular weight excluding hydrogens is 443 g/mol. The van der Waals surface area contributed by atoms with Crippen molar-refractivity contribution in [1.29, 1.82) is 0 Å². The van der Waals surface area contributed by atoms with Gasteiger partial charge in [0.15, 0.2) is 17.5 Å². The van der Waals surface area contributed by atoms with Gasteiger partial charge in [-0.3, -0.25) is 0 Å². The van der Waals surface area contributed by atoms with Gasteiger partial charge in [-0.15, -0.1) is 0 Å². The van der Waals surface area contributed by atoms with Crippen molar-refractivity contribution in [2.24, 2.45) is 0 Å². The summed E-state index contributed by atoms with van der Waals surface area (Å²) in [5, 5.41) is 4.29. The van der Waals surface area contributed by atoms with E-state index in [1.54, 1.807) is 12.3 Å². The number of unbranched alkanes of at least 4 members (excludes halogenated alkanes) is 1. The van der Waals surface area contributed by atoms with E-state index in [1.807, 2.05) is 6.92 Å². The highest BCUT2D eigenvalue weighted by Gasteiger charge is 2.29. The first-order valence-electron chi connectivity index (χ1n) is 10.3. The Balaban J connectivity index is 1.56. The Labute approximate surface area is 185 Å². The molecule has 3 aromatic rings. The van der Waals surface area contributed by atoms with Crippen LogP contribution in [0.5, 0.6) is 0 Å². The number of hydrogen-bond donors (Lipinski definition) is 2. The van der Waals surface area contributed by atoms with E-state index in [0.29, 0.717) is 41.4 Å². The predicted molar refractivity (Wildman–Crippen MR) is 119 cm³/mol. The second kappa shape index (κ2) is 9.05. The van der Waals surface area contributed by atoms with Gasteiger partial charge < -0.3 is 10.3 Å². The Morgan fingerprint density at radius 3 is 3.00 bits per heavy atom. The number of halogens is 2. The first-order chi connectivity index (χ1) is 14.9. The van der Waals surface area contributed by atoms with Gasteiger partial charge in [0, 0.05) is 42.5 Å². The fraction of sp³-hybridized carbons (Fsp3) is 0.450. The third-order valence-corrected chi connectivity index (χ3v) is 7.49. The molecule has 1 aliphatic heterocycles. The van der Waals surface area contributed by atoms with Crippen LogP contribution in [0.1, 0.15) is 32.6 Å². The molecule has 4 rings (SSSR count). The summed E-state index contributed by atoms with van der Waals surface area (Å²) < 4.78 is 41.1. The molecule has 3 aromatic heterocycles. The number of H-pyrrole nitrogens is 1. The molecular formula is C20H24ClFN6O2S. The molecule has 1 unspecified atom stereocenters. The summed E-state index contributed by atoms with van der Waals surface area (Å²) >= 11 is 6.06. The van der Waals surface area contributed by atoms with Crippen LogP contribution in [0.15, 0.2) is 24.7 Å². The first-order valence-corrected chi connectivity index (χ1v) is 12.3. The van der Waals surface area contributed by atoms with Gasteiger partial charge in [0.05, 0.1) is 17.0 Å². The van der Waals surface area contributed by atoms with E-state index in [-0.39, 0.29) is 24.2 Å². The van der Waals surface area contributed by atoms with Gasteiger partial charge in [0.25, 0.3) is 0 Å². The van der Waals surface area contributed by atoms with Crippen LogP contribution in [0.4, 0.5) is 10.2 Å². The molecule has 0 bridgehead atoms. The summed E-state index contributed by atoms with van der Waals surface area (Å²) in [5.74, 6) is -0.0837. The van der Waals surface area contributed by atoms with E-state index in [4.69, 9.17) is 11.6 Å². The zero-order chi connectivity index (χ0) is 22.0. The molecule has 1 saturated heterocycles. The summed E-state index contributed by atoms with van der Waals surface area (Å²) in [7, 11) is -3.31. The molecule has 1 fully saturated rings. The first kappa shape index (κ1) is 21.9. The minimum atomic E-state index is -3.31. The van der Waals surface area contributed by atoms with Gasteiger partial charge >= 0.3 is 0 Å². The van der Waals surface area contributed by atoms with Crippen LogP contribution in [-0.2, 0) is 10.0 Å². The largest absolute Gasteiger partial charge is 0.363 e. The normalized spacial score (nSPS) is 17.8. The lowest BCUT2D eigenvalue weighted by Gasteiger charge is -2.32. The maximum absolute atomic E-state index is 14.5. The Bertz CT molecular complexity index is 1190. The van der Waals surface area contributed by atoms with Crippen molar-refractivity contribution in [3.63, 3.8) is 0 Å². The van der Waals surface area contributed by atoms with Crippen molar-refractivity contribution in [1.82, 2.24) is 24.2 Å². The van der Waals surface area contributed by atoms with E-state index < -0.39 is 15.8 Å². The van der Waals surface area contributed by atoms with Crippen LogP contribution in [0, 0.1) is 5.82 Å². The summed E-state index contributed by atoms with van der Waals surface area (Å²) in [6, 6.07) is 1.51. The molecule has 4 heterocycles. The van der Waals surface area contributed by atoms with Gasteiger partial charge in [-0.1, -0.05) is 24.9 Å². The molecule has 0 saturated carbocycles. The quantitative estimate of drug-likeness (QED) is 0.548. The zero-order valence-electron chi connectivity index (χ0n) is 17.1. The Kier molecular flexibility index (Phi) is 6.40. The van der Waals surface area contributed by atoms with E-state index in [0.717, 1.165) is 24.4 Å². The van der Waals surface area contributed by atoms with Crippen molar-refractivity contribution in [3.05, 3.63) is 35.5 Å². The van der Waals surface area contributed by atoms with Crippen LogP contribution in [0.3, 0.4) is 0 Å². The average Bonchev–Trinajstić information content (AvgIpc) is 3.17. The van der Waals surface area contributed by atoms with Crippen molar-refractivity contribution in [3.8, 4) is 11.4 Å². The third kappa shape index (κ3) is 4.81. The molecule has 0 amide bonds. The third-order valence-electron chi connectivity index (χ3n) is 5.36. The van der Waals surface area contributed by atoms with E-state index in [9.17, 15) is 12.8 Å². The van der Waals surface area contributed by atoms with Crippen LogP contribution < -0.4 is 5.32 Å². The lowest BCUT2D eigenvalue weighted by atomic mass is 10.1. The van der Waals surface area contributed by atoms with Crippen molar-refractivity contribution in [2.45, 2.75) is 38.6 Å². The monoisotopic (exact) mass is 466 g/mol. The molecule has 0 spiro atoms. The van der Waals surface area contributed by atoms with E-state index in [2.05, 4.69) is 25.3 Å². The summed E-state index contributed by atoms with van der Waals surface area (Å²) in [4.78, 5) is 15.7. The lowest BCUT2D eigenvalue weighted by molar-refractivity contribution is 0.326.